The summed E-state index contributed by atoms with van der Waals surface area (Å²) in [5.41, 5.74) is 1.87. The van der Waals surface area contributed by atoms with Crippen LogP contribution in [0.4, 0.5) is 11.5 Å². The number of para-hydroxylation sites is 1. The van der Waals surface area contributed by atoms with Gasteiger partial charge in [0.2, 0.25) is 5.91 Å². The topological polar surface area (TPSA) is 77.2 Å². The lowest BCUT2D eigenvalue weighted by Crippen LogP contribution is -2.56. The molecule has 0 radical (unpaired) electrons. The standard InChI is InChI=1S/C22H26N6O/c29-22-19(26-16-6-2-1-3-7-16)9-5-13-28(22)17-8-4-12-27(14-17)21-18-10-11-23-20(18)24-15-25-21/h1-3,6-7,10-11,15,17,19,26H,4-5,8-9,12-14H2,(H,23,24,25). The Kier molecular flexibility index (Phi) is 4.79. The Morgan fingerprint density at radius 2 is 1.90 bits per heavy atom. The molecule has 2 fully saturated rings. The number of hydrogen-bond acceptors (Lipinski definition) is 5. The van der Waals surface area contributed by atoms with Crippen molar-refractivity contribution in [3.05, 3.63) is 48.9 Å². The third-order valence-electron chi connectivity index (χ3n) is 6.06. The normalized spacial score (nSPS) is 22.8. The molecular formula is C22H26N6O. The van der Waals surface area contributed by atoms with Crippen molar-refractivity contribution in [1.82, 2.24) is 19.9 Å². The van der Waals surface area contributed by atoms with Gasteiger partial charge in [0.15, 0.2) is 0 Å². The fourth-order valence-corrected chi connectivity index (χ4v) is 4.64. The minimum Gasteiger partial charge on any atom is -0.374 e. The fraction of sp³-hybridized carbons (Fsp3) is 0.409. The molecule has 0 aliphatic carbocycles. The average molecular weight is 390 g/mol. The number of nitrogens with zero attached hydrogens (tertiary/aromatic N) is 4. The summed E-state index contributed by atoms with van der Waals surface area (Å²) >= 11 is 0. The van der Waals surface area contributed by atoms with Gasteiger partial charge in [0.1, 0.15) is 23.8 Å². The van der Waals surface area contributed by atoms with Crippen LogP contribution >= 0.6 is 0 Å². The first-order valence-electron chi connectivity index (χ1n) is 10.4. The van der Waals surface area contributed by atoms with E-state index >= 15 is 0 Å². The van der Waals surface area contributed by atoms with Crippen LogP contribution in [0.25, 0.3) is 11.0 Å². The van der Waals surface area contributed by atoms with E-state index in [0.717, 1.165) is 67.9 Å². The van der Waals surface area contributed by atoms with Crippen molar-refractivity contribution in [2.24, 2.45) is 0 Å². The van der Waals surface area contributed by atoms with Crippen LogP contribution in [-0.4, -0.2) is 57.5 Å². The van der Waals surface area contributed by atoms with Crippen LogP contribution < -0.4 is 10.2 Å². The molecule has 1 amide bonds. The van der Waals surface area contributed by atoms with E-state index in [1.807, 2.05) is 42.6 Å². The predicted octanol–water partition coefficient (Wildman–Crippen LogP) is 3.03. The number of piperidine rings is 2. The Morgan fingerprint density at radius 3 is 2.79 bits per heavy atom. The molecule has 2 saturated heterocycles. The molecule has 150 valence electrons. The minimum absolute atomic E-state index is 0.142. The molecule has 2 aliphatic rings. The van der Waals surface area contributed by atoms with Gasteiger partial charge in [-0.15, -0.1) is 0 Å². The van der Waals surface area contributed by atoms with Gasteiger partial charge in [0.25, 0.3) is 0 Å². The second-order valence-electron chi connectivity index (χ2n) is 7.92. The van der Waals surface area contributed by atoms with Gasteiger partial charge in [-0.05, 0) is 43.9 Å². The molecule has 7 heteroatoms. The second kappa shape index (κ2) is 7.73. The van der Waals surface area contributed by atoms with Crippen LogP contribution in [0, 0.1) is 0 Å². The molecule has 0 saturated carbocycles. The van der Waals surface area contributed by atoms with Crippen molar-refractivity contribution in [2.75, 3.05) is 29.9 Å². The summed E-state index contributed by atoms with van der Waals surface area (Å²) in [4.78, 5) is 29.7. The molecule has 2 atom stereocenters. The Morgan fingerprint density at radius 1 is 1.03 bits per heavy atom. The van der Waals surface area contributed by atoms with Gasteiger partial charge in [0, 0.05) is 37.6 Å². The summed E-state index contributed by atoms with van der Waals surface area (Å²) in [6, 6.07) is 12.1. The molecule has 2 aromatic heterocycles. The quantitative estimate of drug-likeness (QED) is 0.716. The zero-order chi connectivity index (χ0) is 19.6. The van der Waals surface area contributed by atoms with Gasteiger partial charge in [-0.2, -0.15) is 0 Å². The first kappa shape index (κ1) is 18.0. The van der Waals surface area contributed by atoms with E-state index in [1.54, 1.807) is 6.33 Å². The van der Waals surface area contributed by atoms with Crippen molar-refractivity contribution < 1.29 is 4.79 Å². The molecule has 2 aliphatic heterocycles. The Bertz CT molecular complexity index is 987. The summed E-state index contributed by atoms with van der Waals surface area (Å²) in [5.74, 6) is 1.19. The van der Waals surface area contributed by atoms with Gasteiger partial charge in [-0.25, -0.2) is 9.97 Å². The highest BCUT2D eigenvalue weighted by molar-refractivity contribution is 5.88. The van der Waals surface area contributed by atoms with E-state index in [-0.39, 0.29) is 18.0 Å². The van der Waals surface area contributed by atoms with E-state index in [0.29, 0.717) is 0 Å². The summed E-state index contributed by atoms with van der Waals surface area (Å²) in [6.45, 7) is 2.62. The van der Waals surface area contributed by atoms with Crippen LogP contribution in [-0.2, 0) is 4.79 Å². The summed E-state index contributed by atoms with van der Waals surface area (Å²) in [6.07, 6.45) is 7.53. The fourth-order valence-electron chi connectivity index (χ4n) is 4.64. The van der Waals surface area contributed by atoms with Crippen molar-refractivity contribution in [1.29, 1.82) is 0 Å². The maximum Gasteiger partial charge on any atom is 0.245 e. The number of hydrogen-bond donors (Lipinski definition) is 2. The van der Waals surface area contributed by atoms with E-state index in [2.05, 4.69) is 30.1 Å². The Balaban J connectivity index is 1.32. The molecule has 0 spiro atoms. The van der Waals surface area contributed by atoms with Crippen LogP contribution in [0.15, 0.2) is 48.9 Å². The van der Waals surface area contributed by atoms with Gasteiger partial charge in [0.05, 0.1) is 5.39 Å². The lowest BCUT2D eigenvalue weighted by atomic mass is 9.97. The van der Waals surface area contributed by atoms with Crippen LogP contribution in [0.3, 0.4) is 0 Å². The number of nitrogens with one attached hydrogen (secondary N) is 2. The maximum atomic E-state index is 13.3. The summed E-state index contributed by atoms with van der Waals surface area (Å²) in [5, 5.41) is 4.48. The minimum atomic E-state index is -0.142. The SMILES string of the molecule is O=C1C(Nc2ccccc2)CCCN1C1CCCN(c2ncnc3[nH]ccc23)C1. The molecule has 29 heavy (non-hydrogen) atoms. The summed E-state index contributed by atoms with van der Waals surface area (Å²) < 4.78 is 0. The highest BCUT2D eigenvalue weighted by atomic mass is 16.2. The maximum absolute atomic E-state index is 13.3. The molecule has 0 bridgehead atoms. The van der Waals surface area contributed by atoms with Crippen molar-refractivity contribution in [2.45, 2.75) is 37.8 Å². The highest BCUT2D eigenvalue weighted by Crippen LogP contribution is 2.28. The van der Waals surface area contributed by atoms with Gasteiger partial charge in [-0.1, -0.05) is 18.2 Å². The molecule has 4 heterocycles. The Hall–Kier alpha value is -3.09. The van der Waals surface area contributed by atoms with Crippen LogP contribution in [0.2, 0.25) is 0 Å². The number of carbonyl (C=O) groups is 1. The molecule has 7 nitrogen and oxygen atoms in total. The predicted molar refractivity (Wildman–Crippen MR) is 114 cm³/mol. The number of fused-ring (bicyclic) bond motifs is 1. The first-order valence-corrected chi connectivity index (χ1v) is 10.4. The lowest BCUT2D eigenvalue weighted by Gasteiger charge is -2.43. The monoisotopic (exact) mass is 390 g/mol. The first-order chi connectivity index (χ1) is 14.3. The number of amides is 1. The number of likely N-dealkylation sites (tertiary alicyclic amines) is 1. The van der Waals surface area contributed by atoms with Crippen molar-refractivity contribution in [3.63, 3.8) is 0 Å². The zero-order valence-corrected chi connectivity index (χ0v) is 16.4. The molecule has 5 rings (SSSR count). The smallest absolute Gasteiger partial charge is 0.245 e. The molecule has 1 aromatic carbocycles. The number of anilines is 2. The van der Waals surface area contributed by atoms with E-state index in [9.17, 15) is 4.79 Å². The third-order valence-corrected chi connectivity index (χ3v) is 6.06. The molecule has 2 unspecified atom stereocenters. The van der Waals surface area contributed by atoms with Crippen molar-refractivity contribution >= 4 is 28.4 Å². The molecule has 2 N–H and O–H groups in total. The zero-order valence-electron chi connectivity index (χ0n) is 16.4. The van der Waals surface area contributed by atoms with E-state index in [1.165, 1.54) is 0 Å². The molecular weight excluding hydrogens is 364 g/mol. The summed E-state index contributed by atoms with van der Waals surface area (Å²) in [7, 11) is 0. The lowest BCUT2D eigenvalue weighted by molar-refractivity contribution is -0.137. The number of H-pyrrole nitrogens is 1. The average Bonchev–Trinajstić information content (AvgIpc) is 3.25. The second-order valence-corrected chi connectivity index (χ2v) is 7.92. The van der Waals surface area contributed by atoms with Gasteiger partial charge in [-0.3, -0.25) is 4.79 Å². The largest absolute Gasteiger partial charge is 0.374 e. The van der Waals surface area contributed by atoms with Gasteiger partial charge < -0.3 is 20.1 Å². The van der Waals surface area contributed by atoms with Gasteiger partial charge >= 0.3 is 0 Å². The molecule has 3 aromatic rings. The number of aromatic amines is 1. The van der Waals surface area contributed by atoms with Crippen LogP contribution in [0.1, 0.15) is 25.7 Å². The number of benzene rings is 1. The van der Waals surface area contributed by atoms with Crippen LogP contribution in [0.5, 0.6) is 0 Å². The van der Waals surface area contributed by atoms with Crippen molar-refractivity contribution in [3.8, 4) is 0 Å². The van der Waals surface area contributed by atoms with E-state index < -0.39 is 0 Å². The number of aromatic nitrogens is 3. The number of rotatable bonds is 4. The number of carbonyl (C=O) groups excluding carboxylic acids is 1. The Labute approximate surface area is 170 Å². The highest BCUT2D eigenvalue weighted by Gasteiger charge is 2.35. The third kappa shape index (κ3) is 3.52. The van der Waals surface area contributed by atoms with E-state index in [4.69, 9.17) is 0 Å².